The summed E-state index contributed by atoms with van der Waals surface area (Å²) in [6.45, 7) is 0.277. The summed E-state index contributed by atoms with van der Waals surface area (Å²) in [5.41, 5.74) is 0.0207. The Labute approximate surface area is 193 Å². The van der Waals surface area contributed by atoms with Crippen LogP contribution in [0.4, 0.5) is 10.1 Å². The van der Waals surface area contributed by atoms with Gasteiger partial charge in [0.1, 0.15) is 21.5 Å². The van der Waals surface area contributed by atoms with E-state index in [0.717, 1.165) is 11.3 Å². The Bertz CT molecular complexity index is 1270. The lowest BCUT2D eigenvalue weighted by atomic mass is 10.2. The number of rotatable bonds is 6. The Morgan fingerprint density at radius 1 is 1.28 bits per heavy atom. The molecule has 2 aromatic carbocycles. The van der Waals surface area contributed by atoms with E-state index >= 15 is 0 Å². The molecule has 3 aromatic rings. The highest BCUT2D eigenvalue weighted by atomic mass is 35.5. The van der Waals surface area contributed by atoms with Crippen molar-refractivity contribution in [2.45, 2.75) is 23.8 Å². The van der Waals surface area contributed by atoms with Gasteiger partial charge < -0.3 is 10.1 Å². The molecule has 1 amide bonds. The summed E-state index contributed by atoms with van der Waals surface area (Å²) in [4.78, 5) is 12.4. The first-order chi connectivity index (χ1) is 15.3. The molecule has 2 heterocycles. The number of sulfonamides is 1. The molecule has 168 valence electrons. The molecule has 0 bridgehead atoms. The van der Waals surface area contributed by atoms with Gasteiger partial charge in [0.25, 0.3) is 5.91 Å². The van der Waals surface area contributed by atoms with Crippen molar-refractivity contribution in [1.29, 1.82) is 0 Å². The highest BCUT2D eigenvalue weighted by molar-refractivity contribution is 7.89. The number of carbonyl (C=O) groups is 1. The van der Waals surface area contributed by atoms with Gasteiger partial charge in [-0.2, -0.15) is 4.31 Å². The van der Waals surface area contributed by atoms with Crippen molar-refractivity contribution in [3.8, 4) is 5.75 Å². The van der Waals surface area contributed by atoms with Gasteiger partial charge in [-0.25, -0.2) is 12.8 Å². The summed E-state index contributed by atoms with van der Waals surface area (Å²) in [5.74, 6) is -1.01. The summed E-state index contributed by atoms with van der Waals surface area (Å²) in [6, 6.07) is 9.57. The van der Waals surface area contributed by atoms with Crippen LogP contribution in [0.1, 0.15) is 33.7 Å². The first kappa shape index (κ1) is 22.6. The lowest BCUT2D eigenvalue weighted by Gasteiger charge is -2.23. The quantitative estimate of drug-likeness (QED) is 0.551. The van der Waals surface area contributed by atoms with Gasteiger partial charge in [0.2, 0.25) is 15.0 Å². The molecular weight excluding hydrogens is 479 g/mol. The number of hydrogen-bond acceptors (Lipinski definition) is 7. The van der Waals surface area contributed by atoms with Gasteiger partial charge in [0.15, 0.2) is 0 Å². The van der Waals surface area contributed by atoms with Crippen LogP contribution in [0.15, 0.2) is 47.4 Å². The molecule has 1 aromatic heterocycles. The number of carbonyl (C=O) groups excluding carboxylic acids is 1. The Morgan fingerprint density at radius 2 is 2.06 bits per heavy atom. The number of halogens is 2. The predicted molar refractivity (Wildman–Crippen MR) is 118 cm³/mol. The maximum absolute atomic E-state index is 13.8. The van der Waals surface area contributed by atoms with E-state index in [1.165, 1.54) is 41.7 Å². The van der Waals surface area contributed by atoms with Gasteiger partial charge in [-0.1, -0.05) is 35.1 Å². The number of nitrogens with one attached hydrogen (secondary N) is 1. The zero-order chi connectivity index (χ0) is 22.9. The average Bonchev–Trinajstić information content (AvgIpc) is 3.45. The van der Waals surface area contributed by atoms with Crippen LogP contribution in [-0.4, -0.2) is 42.5 Å². The van der Waals surface area contributed by atoms with E-state index in [4.69, 9.17) is 16.3 Å². The number of anilines is 1. The van der Waals surface area contributed by atoms with Crippen molar-refractivity contribution < 1.29 is 22.3 Å². The minimum atomic E-state index is -3.95. The van der Waals surface area contributed by atoms with E-state index in [2.05, 4.69) is 15.5 Å². The second kappa shape index (κ2) is 9.10. The van der Waals surface area contributed by atoms with Crippen molar-refractivity contribution in [3.05, 3.63) is 63.3 Å². The van der Waals surface area contributed by atoms with Crippen LogP contribution in [0.5, 0.6) is 5.75 Å². The van der Waals surface area contributed by atoms with Gasteiger partial charge in [-0.3, -0.25) is 4.79 Å². The van der Waals surface area contributed by atoms with Crippen LogP contribution in [-0.2, 0) is 10.0 Å². The summed E-state index contributed by atoms with van der Waals surface area (Å²) in [7, 11) is -2.57. The third-order valence-corrected chi connectivity index (χ3v) is 8.15. The van der Waals surface area contributed by atoms with Crippen LogP contribution < -0.4 is 10.1 Å². The Hall–Kier alpha value is -2.60. The van der Waals surface area contributed by atoms with E-state index < -0.39 is 27.8 Å². The fourth-order valence-corrected chi connectivity index (χ4v) is 6.49. The topological polar surface area (TPSA) is 101 Å². The molecule has 0 radical (unpaired) electrons. The lowest BCUT2D eigenvalue weighted by molar-refractivity contribution is 0.102. The van der Waals surface area contributed by atoms with Crippen LogP contribution in [0.2, 0.25) is 5.02 Å². The smallest absolute Gasteiger partial charge is 0.286 e. The van der Waals surface area contributed by atoms with Crippen LogP contribution in [0, 0.1) is 5.82 Å². The molecule has 0 aliphatic carbocycles. The lowest BCUT2D eigenvalue weighted by Crippen LogP contribution is -2.31. The number of methoxy groups -OCH3 is 1. The van der Waals surface area contributed by atoms with Crippen molar-refractivity contribution in [3.63, 3.8) is 0 Å². The van der Waals surface area contributed by atoms with Crippen LogP contribution in [0.25, 0.3) is 0 Å². The summed E-state index contributed by atoms with van der Waals surface area (Å²) < 4.78 is 47.1. The van der Waals surface area contributed by atoms with Crippen molar-refractivity contribution in [2.24, 2.45) is 0 Å². The minimum Gasteiger partial charge on any atom is -0.495 e. The van der Waals surface area contributed by atoms with E-state index in [1.54, 1.807) is 12.1 Å². The molecule has 12 heteroatoms. The maximum atomic E-state index is 13.8. The van der Waals surface area contributed by atoms with Gasteiger partial charge in [-0.05, 0) is 43.2 Å². The number of benzene rings is 2. The molecule has 1 aliphatic rings. The molecule has 1 N–H and O–H groups in total. The highest BCUT2D eigenvalue weighted by Gasteiger charge is 2.40. The minimum absolute atomic E-state index is 0.00726. The molecule has 1 atom stereocenters. The Morgan fingerprint density at radius 3 is 2.81 bits per heavy atom. The molecule has 0 saturated carbocycles. The number of para-hydroxylation sites is 1. The molecule has 1 aliphatic heterocycles. The number of hydrogen-bond donors (Lipinski definition) is 1. The van der Waals surface area contributed by atoms with Crippen LogP contribution in [0.3, 0.4) is 0 Å². The molecule has 1 unspecified atom stereocenters. The monoisotopic (exact) mass is 496 g/mol. The highest BCUT2D eigenvalue weighted by Crippen LogP contribution is 2.40. The molecule has 32 heavy (non-hydrogen) atoms. The fraction of sp³-hybridized carbons (Fsp3) is 0.250. The first-order valence-electron chi connectivity index (χ1n) is 9.56. The molecule has 8 nitrogen and oxygen atoms in total. The third kappa shape index (κ3) is 4.33. The number of amides is 1. The number of aromatic nitrogens is 2. The molecule has 4 rings (SSSR count). The van der Waals surface area contributed by atoms with Gasteiger partial charge in [-0.15, -0.1) is 10.2 Å². The zero-order valence-electron chi connectivity index (χ0n) is 16.8. The van der Waals surface area contributed by atoms with Crippen molar-refractivity contribution >= 4 is 44.6 Å². The number of ether oxygens (including phenoxy) is 1. The predicted octanol–water partition coefficient (Wildman–Crippen LogP) is 4.12. The van der Waals surface area contributed by atoms with E-state index in [9.17, 15) is 17.6 Å². The van der Waals surface area contributed by atoms with Gasteiger partial charge in [0.05, 0.1) is 18.8 Å². The Kier molecular flexibility index (Phi) is 6.42. The molecule has 1 saturated heterocycles. The van der Waals surface area contributed by atoms with Gasteiger partial charge >= 0.3 is 0 Å². The second-order valence-electron chi connectivity index (χ2n) is 6.95. The SMILES string of the molecule is COc1ccc(Cl)cc1S(=O)(=O)N1CCCC1c1nnc(C(=O)Nc2ccccc2F)s1. The molecular formula is C20H18ClFN4O4S2. The molecule has 1 fully saturated rings. The maximum Gasteiger partial charge on any atom is 0.286 e. The van der Waals surface area contributed by atoms with E-state index in [1.807, 2.05) is 0 Å². The van der Waals surface area contributed by atoms with Crippen LogP contribution >= 0.6 is 22.9 Å². The molecule has 0 spiro atoms. The van der Waals surface area contributed by atoms with Crippen molar-refractivity contribution in [1.82, 2.24) is 14.5 Å². The Balaban J connectivity index is 1.60. The summed E-state index contributed by atoms with van der Waals surface area (Å²) in [6.07, 6.45) is 1.13. The first-order valence-corrected chi connectivity index (χ1v) is 12.2. The van der Waals surface area contributed by atoms with E-state index in [-0.39, 0.29) is 32.9 Å². The van der Waals surface area contributed by atoms with E-state index in [0.29, 0.717) is 17.8 Å². The summed E-state index contributed by atoms with van der Waals surface area (Å²) >= 11 is 7.00. The fourth-order valence-electron chi connectivity index (χ4n) is 3.45. The average molecular weight is 497 g/mol. The van der Waals surface area contributed by atoms with Gasteiger partial charge in [0, 0.05) is 11.6 Å². The zero-order valence-corrected chi connectivity index (χ0v) is 19.2. The summed E-state index contributed by atoms with van der Waals surface area (Å²) in [5, 5.41) is 11.0. The van der Waals surface area contributed by atoms with Crippen molar-refractivity contribution in [2.75, 3.05) is 19.0 Å². The normalized spacial score (nSPS) is 16.8. The largest absolute Gasteiger partial charge is 0.495 e. The number of nitrogens with zero attached hydrogens (tertiary/aromatic N) is 3. The standard InChI is InChI=1S/C20H18ClFN4O4S2/c1-30-16-9-8-12(21)11-17(16)32(28,29)26-10-4-7-15(26)19-24-25-20(31-19)18(27)23-14-6-3-2-5-13(14)22/h2-3,5-6,8-9,11,15H,4,7,10H2,1H3,(H,23,27). The third-order valence-electron chi connectivity index (χ3n) is 4.96. The second-order valence-corrected chi connectivity index (χ2v) is 10.3.